The maximum Gasteiger partial charge on any atom is 0.411 e. The first-order valence-corrected chi connectivity index (χ1v) is 15.3. The topological polar surface area (TPSA) is 138 Å². The van der Waals surface area contributed by atoms with Crippen molar-refractivity contribution in [2.24, 2.45) is 11.8 Å². The molecule has 3 fully saturated rings. The monoisotopic (exact) mass is 580 g/mol. The van der Waals surface area contributed by atoms with Gasteiger partial charge in [-0.05, 0) is 52.7 Å². The van der Waals surface area contributed by atoms with E-state index in [1.165, 1.54) is 16.7 Å². The normalized spacial score (nSPS) is 37.6. The van der Waals surface area contributed by atoms with Crippen LogP contribution in [0, 0.1) is 11.8 Å². The average Bonchev–Trinajstić information content (AvgIpc) is 3.07. The van der Waals surface area contributed by atoms with Crippen molar-refractivity contribution in [3.05, 3.63) is 0 Å². The van der Waals surface area contributed by atoms with Crippen molar-refractivity contribution >= 4 is 35.4 Å². The maximum absolute atomic E-state index is 13.9. The highest BCUT2D eigenvalue weighted by Crippen LogP contribution is 2.38. The molecular formula is C26H45ClN2O8S. The van der Waals surface area contributed by atoms with Gasteiger partial charge >= 0.3 is 6.09 Å². The van der Waals surface area contributed by atoms with E-state index >= 15 is 0 Å². The van der Waals surface area contributed by atoms with Crippen LogP contribution in [-0.4, -0.2) is 111 Å². The smallest absolute Gasteiger partial charge is 0.411 e. The minimum atomic E-state index is -1.48. The molecule has 4 N–H and O–H groups in total. The number of aliphatic hydroxyl groups excluding tert-OH is 3. The number of ether oxygens (including phenoxy) is 3. The first-order chi connectivity index (χ1) is 17.8. The van der Waals surface area contributed by atoms with E-state index in [4.69, 9.17) is 25.8 Å². The number of hydrogen-bond acceptors (Lipinski definition) is 9. The zero-order chi connectivity index (χ0) is 28.4. The third-order valence-corrected chi connectivity index (χ3v) is 8.73. The Balaban J connectivity index is 1.87. The molecule has 38 heavy (non-hydrogen) atoms. The summed E-state index contributed by atoms with van der Waals surface area (Å²) in [6.07, 6.45) is -0.877. The van der Waals surface area contributed by atoms with Gasteiger partial charge in [0, 0.05) is 19.1 Å². The molecule has 12 heteroatoms. The standard InChI is InChI=1S/C26H45ClN2O8S/c1-7-8-14-9-10-35-21-15(11-14)12-29(25(34)37-26(3,4)5)17(21)23(33)28-16(13(2)27)22-19(31)18(30)20(32)24(36-22)38-6/h13-22,24,30-32H,7-12H2,1-6H3,(H,28,33)/t13-,14+,15-,16+,17-,18?,19-,20+,21+,22+,24?/m0/s1. The van der Waals surface area contributed by atoms with E-state index in [9.17, 15) is 24.9 Å². The summed E-state index contributed by atoms with van der Waals surface area (Å²) in [6.45, 7) is 9.95. The lowest BCUT2D eigenvalue weighted by Gasteiger charge is -2.44. The Morgan fingerprint density at radius 3 is 2.47 bits per heavy atom. The van der Waals surface area contributed by atoms with Crippen LogP contribution in [-0.2, 0) is 19.0 Å². The zero-order valence-electron chi connectivity index (χ0n) is 23.2. The summed E-state index contributed by atoms with van der Waals surface area (Å²) in [7, 11) is 0. The largest absolute Gasteiger partial charge is 0.444 e. The van der Waals surface area contributed by atoms with E-state index in [0.717, 1.165) is 25.7 Å². The highest BCUT2D eigenvalue weighted by molar-refractivity contribution is 7.99. The van der Waals surface area contributed by atoms with Crippen LogP contribution in [0.4, 0.5) is 4.79 Å². The quantitative estimate of drug-likeness (QED) is 0.333. The van der Waals surface area contributed by atoms with E-state index in [2.05, 4.69) is 12.2 Å². The zero-order valence-corrected chi connectivity index (χ0v) is 24.8. The molecule has 0 bridgehead atoms. The van der Waals surface area contributed by atoms with Gasteiger partial charge in [0.2, 0.25) is 5.91 Å². The van der Waals surface area contributed by atoms with Crippen LogP contribution < -0.4 is 5.32 Å². The Morgan fingerprint density at radius 2 is 1.89 bits per heavy atom. The van der Waals surface area contributed by atoms with E-state index in [0.29, 0.717) is 19.1 Å². The lowest BCUT2D eigenvalue weighted by molar-refractivity contribution is -0.205. The summed E-state index contributed by atoms with van der Waals surface area (Å²) in [4.78, 5) is 28.6. The maximum atomic E-state index is 13.9. The number of likely N-dealkylation sites (tertiary alicyclic amines) is 1. The third kappa shape index (κ3) is 7.27. The molecular weight excluding hydrogens is 536 g/mol. The molecule has 0 radical (unpaired) electrons. The fourth-order valence-electron chi connectivity index (χ4n) is 5.80. The van der Waals surface area contributed by atoms with Crippen LogP contribution in [0.25, 0.3) is 0 Å². The Morgan fingerprint density at radius 1 is 1.21 bits per heavy atom. The molecule has 0 aromatic rings. The van der Waals surface area contributed by atoms with E-state index < -0.39 is 71.0 Å². The SMILES string of the molecule is CCC[C@@H]1CCO[C@@H]2[C@@H](C1)CN(C(=O)OC(C)(C)C)[C@@H]2C(=O)N[C@@H]([C@H]1OC(SC)[C@H](O)C(O)[C@@H]1O)[C@H](C)Cl. The Kier molecular flexibility index (Phi) is 11.0. The summed E-state index contributed by atoms with van der Waals surface area (Å²) in [5.74, 6) is -0.0689. The Bertz CT molecular complexity index is 813. The number of thioether (sulfide) groups is 1. The van der Waals surface area contributed by atoms with Gasteiger partial charge in [-0.1, -0.05) is 19.8 Å². The van der Waals surface area contributed by atoms with Crippen LogP contribution in [0.3, 0.4) is 0 Å². The van der Waals surface area contributed by atoms with Gasteiger partial charge in [0.15, 0.2) is 0 Å². The lowest BCUT2D eigenvalue weighted by Crippen LogP contribution is -2.65. The minimum Gasteiger partial charge on any atom is -0.444 e. The van der Waals surface area contributed by atoms with E-state index in [-0.39, 0.29) is 5.92 Å². The van der Waals surface area contributed by atoms with Crippen LogP contribution in [0.2, 0.25) is 0 Å². The van der Waals surface area contributed by atoms with Gasteiger partial charge in [-0.3, -0.25) is 9.69 Å². The molecule has 2 amide bonds. The number of nitrogens with zero attached hydrogens (tertiary/aromatic N) is 1. The van der Waals surface area contributed by atoms with Gasteiger partial charge in [-0.2, -0.15) is 0 Å². The fourth-order valence-corrected chi connectivity index (χ4v) is 6.69. The summed E-state index contributed by atoms with van der Waals surface area (Å²) >= 11 is 7.66. The fraction of sp³-hybridized carbons (Fsp3) is 0.923. The molecule has 0 aromatic carbocycles. The molecule has 11 atom stereocenters. The molecule has 3 aliphatic heterocycles. The highest BCUT2D eigenvalue weighted by Gasteiger charge is 2.53. The first kappa shape index (κ1) is 31.7. The summed E-state index contributed by atoms with van der Waals surface area (Å²) < 4.78 is 17.8. The van der Waals surface area contributed by atoms with Crippen molar-refractivity contribution in [3.8, 4) is 0 Å². The van der Waals surface area contributed by atoms with Crippen molar-refractivity contribution < 1.29 is 39.1 Å². The number of hydrogen-bond donors (Lipinski definition) is 4. The van der Waals surface area contributed by atoms with E-state index in [1.807, 2.05) is 0 Å². The predicted octanol–water partition coefficient (Wildman–Crippen LogP) is 2.10. The number of alkyl halides is 1. The number of nitrogens with one attached hydrogen (secondary N) is 1. The van der Waals surface area contributed by atoms with Crippen molar-refractivity contribution in [3.63, 3.8) is 0 Å². The van der Waals surface area contributed by atoms with Crippen molar-refractivity contribution in [2.45, 2.75) is 119 Å². The predicted molar refractivity (Wildman–Crippen MR) is 145 cm³/mol. The summed E-state index contributed by atoms with van der Waals surface area (Å²) in [5, 5.41) is 33.6. The Labute approximate surface area is 235 Å². The second kappa shape index (κ2) is 13.2. The second-order valence-electron chi connectivity index (χ2n) is 11.7. The lowest BCUT2D eigenvalue weighted by atomic mass is 9.87. The van der Waals surface area contributed by atoms with Crippen molar-refractivity contribution in [1.82, 2.24) is 10.2 Å². The summed E-state index contributed by atoms with van der Waals surface area (Å²) in [5.41, 5.74) is -1.56. The number of fused-ring (bicyclic) bond motifs is 1. The van der Waals surface area contributed by atoms with Crippen LogP contribution in [0.1, 0.15) is 60.3 Å². The highest BCUT2D eigenvalue weighted by atomic mass is 35.5. The molecule has 3 aliphatic rings. The van der Waals surface area contributed by atoms with E-state index in [1.54, 1.807) is 34.0 Å². The molecule has 10 nitrogen and oxygen atoms in total. The molecule has 2 unspecified atom stereocenters. The third-order valence-electron chi connectivity index (χ3n) is 7.61. The van der Waals surface area contributed by atoms with Gasteiger partial charge in [0.1, 0.15) is 41.5 Å². The number of carbonyl (C=O) groups excluding carboxylic acids is 2. The molecule has 0 saturated carbocycles. The van der Waals surface area contributed by atoms with Crippen LogP contribution in [0.5, 0.6) is 0 Å². The minimum absolute atomic E-state index is 0.0291. The van der Waals surface area contributed by atoms with Gasteiger partial charge < -0.3 is 34.8 Å². The molecule has 220 valence electrons. The van der Waals surface area contributed by atoms with Gasteiger partial charge in [-0.15, -0.1) is 23.4 Å². The van der Waals surface area contributed by atoms with Crippen molar-refractivity contribution in [1.29, 1.82) is 0 Å². The number of amides is 2. The molecule has 3 saturated heterocycles. The number of rotatable bonds is 7. The molecule has 3 heterocycles. The number of carbonyl (C=O) groups is 2. The molecule has 0 spiro atoms. The molecule has 3 rings (SSSR count). The van der Waals surface area contributed by atoms with Crippen LogP contribution >= 0.6 is 23.4 Å². The van der Waals surface area contributed by atoms with Crippen molar-refractivity contribution in [2.75, 3.05) is 19.4 Å². The second-order valence-corrected chi connectivity index (χ2v) is 13.4. The molecule has 0 aromatic heterocycles. The number of aliphatic hydroxyl groups is 3. The summed E-state index contributed by atoms with van der Waals surface area (Å²) in [6, 6.07) is -1.88. The van der Waals surface area contributed by atoms with Gasteiger partial charge in [0.25, 0.3) is 0 Å². The average molecular weight is 581 g/mol. The van der Waals surface area contributed by atoms with Gasteiger partial charge in [-0.25, -0.2) is 4.79 Å². The number of halogens is 1. The Hall–Kier alpha value is -0.820. The van der Waals surface area contributed by atoms with Gasteiger partial charge in [0.05, 0.1) is 17.5 Å². The molecule has 0 aliphatic carbocycles. The first-order valence-electron chi connectivity index (χ1n) is 13.6. The van der Waals surface area contributed by atoms with Crippen LogP contribution in [0.15, 0.2) is 0 Å².